The molecule has 1 fully saturated rings. The lowest BCUT2D eigenvalue weighted by Gasteiger charge is -2.31. The van der Waals surface area contributed by atoms with Gasteiger partial charge in [0.15, 0.2) is 0 Å². The van der Waals surface area contributed by atoms with E-state index in [1.54, 1.807) is 19.1 Å². The van der Waals surface area contributed by atoms with E-state index in [4.69, 9.17) is 9.47 Å². The number of hydrogen-bond acceptors (Lipinski definition) is 3. The molecule has 0 N–H and O–H groups in total. The molecule has 1 amide bonds. The SMILES string of the molecule is CO[C@H]1CCC[C@@H]1N(C)C(=O)OC(C)(C)C. The predicted molar refractivity (Wildman–Crippen MR) is 62.4 cm³/mol. The summed E-state index contributed by atoms with van der Waals surface area (Å²) < 4.78 is 10.7. The molecule has 0 radical (unpaired) electrons. The Kier molecular flexibility index (Phi) is 4.19. The standard InChI is InChI=1S/C12H23NO3/c1-12(2,3)16-11(14)13(4)9-7-6-8-10(9)15-5/h9-10H,6-8H2,1-5H3/t9-,10-/m0/s1. The summed E-state index contributed by atoms with van der Waals surface area (Å²) in [6.07, 6.45) is 3.01. The molecule has 0 aromatic rings. The van der Waals surface area contributed by atoms with E-state index in [9.17, 15) is 4.79 Å². The second kappa shape index (κ2) is 5.04. The molecule has 0 saturated heterocycles. The zero-order valence-corrected chi connectivity index (χ0v) is 10.9. The first kappa shape index (κ1) is 13.3. The highest BCUT2D eigenvalue weighted by Gasteiger charge is 2.34. The van der Waals surface area contributed by atoms with E-state index >= 15 is 0 Å². The highest BCUT2D eigenvalue weighted by molar-refractivity contribution is 5.68. The molecule has 2 atom stereocenters. The second-order valence-corrected chi connectivity index (χ2v) is 5.36. The van der Waals surface area contributed by atoms with E-state index < -0.39 is 5.60 Å². The highest BCUT2D eigenvalue weighted by Crippen LogP contribution is 2.26. The fourth-order valence-electron chi connectivity index (χ4n) is 2.09. The van der Waals surface area contributed by atoms with E-state index in [-0.39, 0.29) is 18.2 Å². The van der Waals surface area contributed by atoms with Crippen LogP contribution in [0.15, 0.2) is 0 Å². The number of likely N-dealkylation sites (N-methyl/N-ethyl adjacent to an activating group) is 1. The van der Waals surface area contributed by atoms with E-state index in [0.717, 1.165) is 19.3 Å². The largest absolute Gasteiger partial charge is 0.444 e. The summed E-state index contributed by atoms with van der Waals surface area (Å²) in [5.41, 5.74) is -0.438. The normalized spacial score (nSPS) is 25.6. The summed E-state index contributed by atoms with van der Waals surface area (Å²) >= 11 is 0. The minimum Gasteiger partial charge on any atom is -0.444 e. The maximum absolute atomic E-state index is 11.9. The van der Waals surface area contributed by atoms with E-state index in [0.29, 0.717) is 0 Å². The van der Waals surface area contributed by atoms with Gasteiger partial charge < -0.3 is 14.4 Å². The quantitative estimate of drug-likeness (QED) is 0.730. The van der Waals surface area contributed by atoms with Crippen LogP contribution in [0, 0.1) is 0 Å². The van der Waals surface area contributed by atoms with Gasteiger partial charge in [-0.2, -0.15) is 0 Å². The molecule has 4 nitrogen and oxygen atoms in total. The van der Waals surface area contributed by atoms with Crippen LogP contribution in [0.2, 0.25) is 0 Å². The van der Waals surface area contributed by atoms with Gasteiger partial charge in [0, 0.05) is 14.2 Å². The van der Waals surface area contributed by atoms with Crippen LogP contribution in [0.5, 0.6) is 0 Å². The van der Waals surface area contributed by atoms with Gasteiger partial charge in [0.2, 0.25) is 0 Å². The van der Waals surface area contributed by atoms with Crippen molar-refractivity contribution in [1.82, 2.24) is 4.90 Å². The van der Waals surface area contributed by atoms with Gasteiger partial charge in [-0.3, -0.25) is 0 Å². The number of carbonyl (C=O) groups is 1. The molecule has 0 bridgehead atoms. The number of amides is 1. The Balaban J connectivity index is 2.56. The highest BCUT2D eigenvalue weighted by atomic mass is 16.6. The molecule has 16 heavy (non-hydrogen) atoms. The van der Waals surface area contributed by atoms with Gasteiger partial charge in [0.1, 0.15) is 5.60 Å². The Morgan fingerprint density at radius 1 is 1.31 bits per heavy atom. The number of methoxy groups -OCH3 is 1. The lowest BCUT2D eigenvalue weighted by Crippen LogP contribution is -2.44. The molecule has 94 valence electrons. The fraction of sp³-hybridized carbons (Fsp3) is 0.917. The molecule has 1 aliphatic carbocycles. The van der Waals surface area contributed by atoms with Gasteiger partial charge >= 0.3 is 6.09 Å². The van der Waals surface area contributed by atoms with Crippen molar-refractivity contribution in [3.8, 4) is 0 Å². The van der Waals surface area contributed by atoms with Gasteiger partial charge in [0.05, 0.1) is 12.1 Å². The third-order valence-electron chi connectivity index (χ3n) is 2.90. The lowest BCUT2D eigenvalue weighted by molar-refractivity contribution is -0.000454. The second-order valence-electron chi connectivity index (χ2n) is 5.36. The zero-order chi connectivity index (χ0) is 12.3. The fourth-order valence-corrected chi connectivity index (χ4v) is 2.09. The summed E-state index contributed by atoms with van der Waals surface area (Å²) in [7, 11) is 3.49. The maximum Gasteiger partial charge on any atom is 0.410 e. The van der Waals surface area contributed by atoms with E-state index in [1.807, 2.05) is 20.8 Å². The number of rotatable bonds is 2. The van der Waals surface area contributed by atoms with Gasteiger partial charge in [-0.05, 0) is 40.0 Å². The number of ether oxygens (including phenoxy) is 2. The van der Waals surface area contributed by atoms with Crippen LogP contribution in [-0.4, -0.2) is 42.9 Å². The molecule has 0 aromatic heterocycles. The summed E-state index contributed by atoms with van der Waals surface area (Å²) in [6.45, 7) is 5.63. The Morgan fingerprint density at radius 2 is 1.94 bits per heavy atom. The van der Waals surface area contributed by atoms with Crippen LogP contribution in [-0.2, 0) is 9.47 Å². The van der Waals surface area contributed by atoms with E-state index in [2.05, 4.69) is 0 Å². The number of carbonyl (C=O) groups excluding carboxylic acids is 1. The Hall–Kier alpha value is -0.770. The first-order chi connectivity index (χ1) is 7.35. The predicted octanol–water partition coefficient (Wildman–Crippen LogP) is 2.42. The molecular weight excluding hydrogens is 206 g/mol. The Labute approximate surface area is 97.9 Å². The zero-order valence-electron chi connectivity index (χ0n) is 10.9. The number of hydrogen-bond donors (Lipinski definition) is 0. The third kappa shape index (κ3) is 3.37. The first-order valence-electron chi connectivity index (χ1n) is 5.84. The minimum atomic E-state index is -0.438. The van der Waals surface area contributed by atoms with Crippen molar-refractivity contribution in [1.29, 1.82) is 0 Å². The van der Waals surface area contributed by atoms with Crippen molar-refractivity contribution < 1.29 is 14.3 Å². The van der Waals surface area contributed by atoms with Crippen LogP contribution in [0.4, 0.5) is 4.79 Å². The van der Waals surface area contributed by atoms with Crippen LogP contribution in [0.25, 0.3) is 0 Å². The molecule has 0 heterocycles. The van der Waals surface area contributed by atoms with E-state index in [1.165, 1.54) is 0 Å². The first-order valence-corrected chi connectivity index (χ1v) is 5.84. The molecule has 4 heteroatoms. The van der Waals surface area contributed by atoms with Crippen LogP contribution in [0.1, 0.15) is 40.0 Å². The molecular formula is C12H23NO3. The summed E-state index contributed by atoms with van der Waals surface area (Å²) in [4.78, 5) is 13.5. The molecule has 0 aliphatic heterocycles. The molecule has 1 rings (SSSR count). The molecule has 1 aliphatic rings. The van der Waals surface area contributed by atoms with Crippen molar-refractivity contribution >= 4 is 6.09 Å². The topological polar surface area (TPSA) is 38.8 Å². The van der Waals surface area contributed by atoms with Gasteiger partial charge in [-0.1, -0.05) is 0 Å². The lowest BCUT2D eigenvalue weighted by atomic mass is 10.2. The monoisotopic (exact) mass is 229 g/mol. The average molecular weight is 229 g/mol. The Morgan fingerprint density at radius 3 is 2.44 bits per heavy atom. The summed E-state index contributed by atoms with van der Waals surface area (Å²) in [6, 6.07) is 0.153. The molecule has 0 aromatic carbocycles. The van der Waals surface area contributed by atoms with Crippen LogP contribution >= 0.6 is 0 Å². The smallest absolute Gasteiger partial charge is 0.410 e. The van der Waals surface area contributed by atoms with Gasteiger partial charge in [0.25, 0.3) is 0 Å². The van der Waals surface area contributed by atoms with Crippen LogP contribution < -0.4 is 0 Å². The van der Waals surface area contributed by atoms with Crippen molar-refractivity contribution in [2.45, 2.75) is 57.8 Å². The van der Waals surface area contributed by atoms with Gasteiger partial charge in [-0.15, -0.1) is 0 Å². The van der Waals surface area contributed by atoms with Crippen molar-refractivity contribution in [2.75, 3.05) is 14.2 Å². The maximum atomic E-state index is 11.9. The summed E-state index contributed by atoms with van der Waals surface area (Å²) in [5, 5.41) is 0. The molecule has 0 unspecified atom stereocenters. The third-order valence-corrected chi connectivity index (χ3v) is 2.90. The summed E-state index contributed by atoms with van der Waals surface area (Å²) in [5.74, 6) is 0. The minimum absolute atomic E-state index is 0.150. The van der Waals surface area contributed by atoms with Crippen molar-refractivity contribution in [2.24, 2.45) is 0 Å². The van der Waals surface area contributed by atoms with Crippen molar-refractivity contribution in [3.63, 3.8) is 0 Å². The average Bonchev–Trinajstić information content (AvgIpc) is 2.61. The van der Waals surface area contributed by atoms with Gasteiger partial charge in [-0.25, -0.2) is 4.79 Å². The van der Waals surface area contributed by atoms with Crippen molar-refractivity contribution in [3.05, 3.63) is 0 Å². The Bertz CT molecular complexity index is 247. The van der Waals surface area contributed by atoms with Crippen LogP contribution in [0.3, 0.4) is 0 Å². The molecule has 0 spiro atoms. The molecule has 1 saturated carbocycles. The number of nitrogens with zero attached hydrogens (tertiary/aromatic N) is 1.